The fourth-order valence-corrected chi connectivity index (χ4v) is 2.97. The summed E-state index contributed by atoms with van der Waals surface area (Å²) in [5.74, 6) is 0.701. The minimum atomic E-state index is -0.0756. The molecule has 0 bridgehead atoms. The van der Waals surface area contributed by atoms with Crippen LogP contribution >= 0.6 is 0 Å². The van der Waals surface area contributed by atoms with Crippen LogP contribution in [0.5, 0.6) is 0 Å². The van der Waals surface area contributed by atoms with E-state index >= 15 is 0 Å². The molecule has 0 fully saturated rings. The summed E-state index contributed by atoms with van der Waals surface area (Å²) in [6.45, 7) is 4.68. The third-order valence-corrected chi connectivity index (χ3v) is 5.01. The topological polar surface area (TPSA) is 68.8 Å². The van der Waals surface area contributed by atoms with Gasteiger partial charge in [0.25, 0.3) is 5.91 Å². The SMILES string of the molecule is CN=C(NCCC(C)N(C)Cc1ccccc1)NCc1ccc(C(=O)NC)cc1. The number of guanidine groups is 1. The zero-order chi connectivity index (χ0) is 21.1. The molecule has 1 amide bonds. The van der Waals surface area contributed by atoms with Crippen molar-refractivity contribution in [3.63, 3.8) is 0 Å². The first-order valence-electron chi connectivity index (χ1n) is 10.0. The van der Waals surface area contributed by atoms with E-state index < -0.39 is 0 Å². The maximum Gasteiger partial charge on any atom is 0.251 e. The summed E-state index contributed by atoms with van der Waals surface area (Å²) in [5.41, 5.74) is 3.08. The molecule has 2 rings (SSSR count). The molecule has 0 saturated heterocycles. The van der Waals surface area contributed by atoms with E-state index in [4.69, 9.17) is 0 Å². The predicted octanol–water partition coefficient (Wildman–Crippen LogP) is 2.62. The Morgan fingerprint density at radius 3 is 2.34 bits per heavy atom. The van der Waals surface area contributed by atoms with Crippen molar-refractivity contribution < 1.29 is 4.79 Å². The van der Waals surface area contributed by atoms with E-state index in [1.807, 2.05) is 30.3 Å². The van der Waals surface area contributed by atoms with Crippen molar-refractivity contribution in [2.24, 2.45) is 4.99 Å². The van der Waals surface area contributed by atoms with Gasteiger partial charge in [-0.3, -0.25) is 14.7 Å². The molecule has 6 nitrogen and oxygen atoms in total. The summed E-state index contributed by atoms with van der Waals surface area (Å²) in [5, 5.41) is 9.32. The lowest BCUT2D eigenvalue weighted by atomic mass is 10.1. The third kappa shape index (κ3) is 7.58. The van der Waals surface area contributed by atoms with Crippen LogP contribution < -0.4 is 16.0 Å². The molecule has 2 aromatic rings. The predicted molar refractivity (Wildman–Crippen MR) is 120 cm³/mol. The minimum absolute atomic E-state index is 0.0756. The normalized spacial score (nSPS) is 12.5. The molecule has 0 aromatic heterocycles. The molecule has 0 spiro atoms. The van der Waals surface area contributed by atoms with E-state index in [2.05, 4.69) is 64.1 Å². The van der Waals surface area contributed by atoms with Crippen LogP contribution in [0.3, 0.4) is 0 Å². The Morgan fingerprint density at radius 2 is 1.72 bits per heavy atom. The van der Waals surface area contributed by atoms with Crippen LogP contribution in [0.1, 0.15) is 34.8 Å². The summed E-state index contributed by atoms with van der Waals surface area (Å²) in [6, 6.07) is 18.5. The zero-order valence-electron chi connectivity index (χ0n) is 17.9. The van der Waals surface area contributed by atoms with Gasteiger partial charge in [0.2, 0.25) is 0 Å². The molecular weight excluding hydrogens is 362 g/mol. The number of rotatable bonds is 9. The Labute approximate surface area is 174 Å². The summed E-state index contributed by atoms with van der Waals surface area (Å²) >= 11 is 0. The summed E-state index contributed by atoms with van der Waals surface area (Å²) in [7, 11) is 5.57. The highest BCUT2D eigenvalue weighted by Gasteiger charge is 2.10. The summed E-state index contributed by atoms with van der Waals surface area (Å²) in [6.07, 6.45) is 1.02. The number of aliphatic imine (C=N–C) groups is 1. The number of nitrogens with one attached hydrogen (secondary N) is 3. The van der Waals surface area contributed by atoms with Gasteiger partial charge in [-0.15, -0.1) is 0 Å². The Morgan fingerprint density at radius 1 is 1.03 bits per heavy atom. The number of hydrogen-bond donors (Lipinski definition) is 3. The number of hydrogen-bond acceptors (Lipinski definition) is 3. The highest BCUT2D eigenvalue weighted by molar-refractivity contribution is 5.93. The van der Waals surface area contributed by atoms with Gasteiger partial charge in [-0.1, -0.05) is 42.5 Å². The summed E-state index contributed by atoms with van der Waals surface area (Å²) < 4.78 is 0. The molecular formula is C23H33N5O. The number of nitrogens with zero attached hydrogens (tertiary/aromatic N) is 2. The molecule has 29 heavy (non-hydrogen) atoms. The second-order valence-electron chi connectivity index (χ2n) is 7.17. The van der Waals surface area contributed by atoms with Crippen LogP contribution in [0.15, 0.2) is 59.6 Å². The zero-order valence-corrected chi connectivity index (χ0v) is 17.9. The van der Waals surface area contributed by atoms with Crippen molar-refractivity contribution in [2.45, 2.75) is 32.5 Å². The molecule has 0 saturated carbocycles. The lowest BCUT2D eigenvalue weighted by molar-refractivity contribution is 0.0963. The molecule has 156 valence electrons. The second kappa shape index (κ2) is 11.9. The van der Waals surface area contributed by atoms with Gasteiger partial charge in [-0.05, 0) is 43.7 Å². The molecule has 1 atom stereocenters. The summed E-state index contributed by atoms with van der Waals surface area (Å²) in [4.78, 5) is 18.3. The van der Waals surface area contributed by atoms with E-state index in [0.29, 0.717) is 18.2 Å². The van der Waals surface area contributed by atoms with Gasteiger partial charge in [0.15, 0.2) is 5.96 Å². The van der Waals surface area contributed by atoms with Crippen molar-refractivity contribution in [1.82, 2.24) is 20.9 Å². The maximum absolute atomic E-state index is 11.6. The Bertz CT molecular complexity index is 774. The van der Waals surface area contributed by atoms with Gasteiger partial charge in [0, 0.05) is 45.3 Å². The van der Waals surface area contributed by atoms with E-state index in [1.165, 1.54) is 5.56 Å². The van der Waals surface area contributed by atoms with Gasteiger partial charge in [0.1, 0.15) is 0 Å². The number of benzene rings is 2. The molecule has 3 N–H and O–H groups in total. The Hall–Kier alpha value is -2.86. The van der Waals surface area contributed by atoms with Crippen molar-refractivity contribution in [3.05, 3.63) is 71.3 Å². The van der Waals surface area contributed by atoms with Crippen LogP contribution in [-0.4, -0.2) is 50.5 Å². The van der Waals surface area contributed by atoms with Crippen LogP contribution in [0.4, 0.5) is 0 Å². The van der Waals surface area contributed by atoms with E-state index in [0.717, 1.165) is 31.0 Å². The fourth-order valence-electron chi connectivity index (χ4n) is 2.97. The molecule has 6 heteroatoms. The monoisotopic (exact) mass is 395 g/mol. The molecule has 0 heterocycles. The van der Waals surface area contributed by atoms with E-state index in [-0.39, 0.29) is 5.91 Å². The standard InChI is InChI=1S/C23H33N5O/c1-18(28(4)17-20-8-6-5-7-9-20)14-15-26-23(25-3)27-16-19-10-12-21(13-11-19)22(29)24-2/h5-13,18H,14-17H2,1-4H3,(H,24,29)(H2,25,26,27). The van der Waals surface area contributed by atoms with Gasteiger partial charge < -0.3 is 16.0 Å². The third-order valence-electron chi connectivity index (χ3n) is 5.01. The van der Waals surface area contributed by atoms with E-state index in [9.17, 15) is 4.79 Å². The van der Waals surface area contributed by atoms with Gasteiger partial charge in [-0.2, -0.15) is 0 Å². The first-order valence-corrected chi connectivity index (χ1v) is 10.0. The van der Waals surface area contributed by atoms with Gasteiger partial charge in [0.05, 0.1) is 0 Å². The quantitative estimate of drug-likeness (QED) is 0.451. The van der Waals surface area contributed by atoms with Gasteiger partial charge >= 0.3 is 0 Å². The van der Waals surface area contributed by atoms with Crippen LogP contribution in [0.25, 0.3) is 0 Å². The lowest BCUT2D eigenvalue weighted by Crippen LogP contribution is -2.39. The van der Waals surface area contributed by atoms with Crippen molar-refractivity contribution >= 4 is 11.9 Å². The first-order chi connectivity index (χ1) is 14.0. The van der Waals surface area contributed by atoms with Crippen LogP contribution in [-0.2, 0) is 13.1 Å². The number of carbonyl (C=O) groups is 1. The first kappa shape index (κ1) is 22.4. The Balaban J connectivity index is 1.72. The highest BCUT2D eigenvalue weighted by Crippen LogP contribution is 2.08. The lowest BCUT2D eigenvalue weighted by Gasteiger charge is -2.25. The fraction of sp³-hybridized carbons (Fsp3) is 0.391. The minimum Gasteiger partial charge on any atom is -0.356 e. The second-order valence-corrected chi connectivity index (χ2v) is 7.17. The molecule has 0 aliphatic heterocycles. The molecule has 0 radical (unpaired) electrons. The van der Waals surface area contributed by atoms with Crippen molar-refractivity contribution in [3.8, 4) is 0 Å². The van der Waals surface area contributed by atoms with Crippen LogP contribution in [0.2, 0.25) is 0 Å². The van der Waals surface area contributed by atoms with Crippen molar-refractivity contribution in [1.29, 1.82) is 0 Å². The maximum atomic E-state index is 11.6. The average Bonchev–Trinajstić information content (AvgIpc) is 2.76. The molecule has 1 unspecified atom stereocenters. The highest BCUT2D eigenvalue weighted by atomic mass is 16.1. The van der Waals surface area contributed by atoms with Crippen molar-refractivity contribution in [2.75, 3.05) is 27.7 Å². The van der Waals surface area contributed by atoms with Crippen LogP contribution in [0, 0.1) is 0 Å². The molecule has 0 aliphatic carbocycles. The molecule has 2 aromatic carbocycles. The average molecular weight is 396 g/mol. The largest absolute Gasteiger partial charge is 0.356 e. The molecule has 0 aliphatic rings. The Kier molecular flexibility index (Phi) is 9.18. The number of carbonyl (C=O) groups excluding carboxylic acids is 1. The number of amides is 1. The van der Waals surface area contributed by atoms with E-state index in [1.54, 1.807) is 14.1 Å². The van der Waals surface area contributed by atoms with Gasteiger partial charge in [-0.25, -0.2) is 0 Å². The smallest absolute Gasteiger partial charge is 0.251 e.